The highest BCUT2D eigenvalue weighted by atomic mass is 79.9. The summed E-state index contributed by atoms with van der Waals surface area (Å²) in [6.45, 7) is 3.35. The van der Waals surface area contributed by atoms with Crippen molar-refractivity contribution in [1.82, 2.24) is 0 Å². The average molecular weight is 289 g/mol. The molecule has 0 N–H and O–H groups in total. The van der Waals surface area contributed by atoms with Crippen LogP contribution in [0.25, 0.3) is 0 Å². The van der Waals surface area contributed by atoms with Crippen LogP contribution in [0.1, 0.15) is 58.3 Å². The first-order valence-electron chi connectivity index (χ1n) is 7.03. The Balaban J connectivity index is 1.70. The third-order valence-electron chi connectivity index (χ3n) is 4.40. The van der Waals surface area contributed by atoms with E-state index in [9.17, 15) is 0 Å². The number of hydrogen-bond donors (Lipinski definition) is 0. The van der Waals surface area contributed by atoms with Crippen LogP contribution in [-0.4, -0.2) is 17.5 Å². The van der Waals surface area contributed by atoms with Crippen LogP contribution < -0.4 is 0 Å². The van der Waals surface area contributed by atoms with Gasteiger partial charge < -0.3 is 4.74 Å². The minimum atomic E-state index is 0.477. The summed E-state index contributed by atoms with van der Waals surface area (Å²) in [7, 11) is 0. The van der Waals surface area contributed by atoms with E-state index in [2.05, 4.69) is 22.9 Å². The molecular weight excluding hydrogens is 264 g/mol. The third-order valence-corrected chi connectivity index (χ3v) is 5.45. The molecule has 0 bridgehead atoms. The molecule has 0 aromatic rings. The molecule has 1 nitrogen and oxygen atoms in total. The molecule has 3 unspecified atom stereocenters. The zero-order valence-electron chi connectivity index (χ0n) is 10.5. The molecule has 94 valence electrons. The molecule has 16 heavy (non-hydrogen) atoms. The number of hydrogen-bond acceptors (Lipinski definition) is 1. The maximum Gasteiger partial charge on any atom is 0.0700 e. The molecule has 2 heteroatoms. The molecule has 0 amide bonds. The van der Waals surface area contributed by atoms with E-state index in [-0.39, 0.29) is 0 Å². The monoisotopic (exact) mass is 288 g/mol. The molecule has 2 fully saturated rings. The van der Waals surface area contributed by atoms with Gasteiger partial charge in [0.2, 0.25) is 0 Å². The van der Waals surface area contributed by atoms with Gasteiger partial charge in [0.1, 0.15) is 0 Å². The van der Waals surface area contributed by atoms with E-state index in [1.165, 1.54) is 51.4 Å². The van der Waals surface area contributed by atoms with Gasteiger partial charge in [-0.25, -0.2) is 0 Å². The highest BCUT2D eigenvalue weighted by Crippen LogP contribution is 2.34. The molecule has 0 aromatic heterocycles. The lowest BCUT2D eigenvalue weighted by molar-refractivity contribution is 0.00565. The van der Waals surface area contributed by atoms with Crippen molar-refractivity contribution < 1.29 is 4.74 Å². The Morgan fingerprint density at radius 3 is 2.50 bits per heavy atom. The molecular formula is C14H25BrO. The summed E-state index contributed by atoms with van der Waals surface area (Å²) in [6, 6.07) is 0. The number of ether oxygens (including phenoxy) is 1. The van der Waals surface area contributed by atoms with E-state index < -0.39 is 0 Å². The Bertz CT molecular complexity index is 203. The fourth-order valence-corrected chi connectivity index (χ4v) is 3.58. The number of rotatable bonds is 4. The Hall–Kier alpha value is 0.440. The molecule has 3 atom stereocenters. The maximum absolute atomic E-state index is 6.15. The molecule has 2 rings (SSSR count). The van der Waals surface area contributed by atoms with Crippen LogP contribution in [-0.2, 0) is 4.74 Å². The topological polar surface area (TPSA) is 9.23 Å². The molecule has 2 aliphatic carbocycles. The second kappa shape index (κ2) is 6.39. The van der Waals surface area contributed by atoms with E-state index >= 15 is 0 Å². The maximum atomic E-state index is 6.15. The number of halogens is 1. The summed E-state index contributed by atoms with van der Waals surface area (Å²) in [4.78, 5) is 0.601. The Kier molecular flexibility index (Phi) is 5.15. The first-order valence-corrected chi connectivity index (χ1v) is 7.94. The van der Waals surface area contributed by atoms with Crippen molar-refractivity contribution in [2.75, 3.05) is 6.61 Å². The van der Waals surface area contributed by atoms with Crippen molar-refractivity contribution in [1.29, 1.82) is 0 Å². The van der Waals surface area contributed by atoms with Gasteiger partial charge in [-0.15, -0.1) is 0 Å². The van der Waals surface area contributed by atoms with Crippen molar-refractivity contribution in [3.63, 3.8) is 0 Å². The second-order valence-electron chi connectivity index (χ2n) is 5.69. The van der Waals surface area contributed by atoms with Crippen molar-refractivity contribution >= 4 is 15.9 Å². The molecule has 0 aliphatic heterocycles. The van der Waals surface area contributed by atoms with Gasteiger partial charge in [0, 0.05) is 11.4 Å². The van der Waals surface area contributed by atoms with Gasteiger partial charge in [0.15, 0.2) is 0 Å². The van der Waals surface area contributed by atoms with E-state index in [0.717, 1.165) is 18.4 Å². The second-order valence-corrected chi connectivity index (χ2v) is 6.87. The lowest BCUT2D eigenvalue weighted by atomic mass is 9.77. The van der Waals surface area contributed by atoms with Gasteiger partial charge in [-0.1, -0.05) is 61.4 Å². The van der Waals surface area contributed by atoms with Crippen molar-refractivity contribution in [2.45, 2.75) is 69.2 Å². The van der Waals surface area contributed by atoms with Gasteiger partial charge in [-0.3, -0.25) is 0 Å². The van der Waals surface area contributed by atoms with Crippen LogP contribution in [0.4, 0.5) is 0 Å². The standard InChI is InChI=1S/C14H25BrO/c1-11(12-6-5-7-12)10-16-14-9-4-2-3-8-13(14)15/h11-14H,2-10H2,1H3. The van der Waals surface area contributed by atoms with Crippen LogP contribution >= 0.6 is 15.9 Å². The van der Waals surface area contributed by atoms with Crippen LogP contribution in [0.3, 0.4) is 0 Å². The van der Waals surface area contributed by atoms with E-state index in [4.69, 9.17) is 4.74 Å². The van der Waals surface area contributed by atoms with Crippen molar-refractivity contribution in [3.8, 4) is 0 Å². The van der Waals surface area contributed by atoms with E-state index in [0.29, 0.717) is 10.9 Å². The predicted molar refractivity (Wildman–Crippen MR) is 72.0 cm³/mol. The molecule has 0 aromatic carbocycles. The van der Waals surface area contributed by atoms with Gasteiger partial charge in [0.05, 0.1) is 6.10 Å². The normalized spacial score (nSPS) is 34.1. The lowest BCUT2D eigenvalue weighted by Gasteiger charge is -2.32. The number of alkyl halides is 1. The largest absolute Gasteiger partial charge is 0.377 e. The smallest absolute Gasteiger partial charge is 0.0700 e. The highest BCUT2D eigenvalue weighted by Gasteiger charge is 2.27. The highest BCUT2D eigenvalue weighted by molar-refractivity contribution is 9.09. The molecule has 2 saturated carbocycles. The van der Waals surface area contributed by atoms with E-state index in [1.807, 2.05) is 0 Å². The molecule has 0 radical (unpaired) electrons. The summed E-state index contributed by atoms with van der Waals surface area (Å²) in [5, 5.41) is 0. The molecule has 2 aliphatic rings. The zero-order chi connectivity index (χ0) is 11.4. The zero-order valence-corrected chi connectivity index (χ0v) is 12.0. The summed E-state index contributed by atoms with van der Waals surface area (Å²) in [5.74, 6) is 1.73. The average Bonchev–Trinajstić information content (AvgIpc) is 2.37. The summed E-state index contributed by atoms with van der Waals surface area (Å²) in [5.41, 5.74) is 0. The minimum absolute atomic E-state index is 0.477. The fourth-order valence-electron chi connectivity index (χ4n) is 2.84. The third kappa shape index (κ3) is 3.46. The quantitative estimate of drug-likeness (QED) is 0.545. The SMILES string of the molecule is CC(COC1CCCCCC1Br)C1CCC1. The fraction of sp³-hybridized carbons (Fsp3) is 1.00. The van der Waals surface area contributed by atoms with Crippen LogP contribution in [0, 0.1) is 11.8 Å². The van der Waals surface area contributed by atoms with Crippen LogP contribution in [0.5, 0.6) is 0 Å². The van der Waals surface area contributed by atoms with Gasteiger partial charge in [-0.05, 0) is 24.7 Å². The minimum Gasteiger partial charge on any atom is -0.377 e. The Labute approximate surface area is 108 Å². The first kappa shape index (κ1) is 12.9. The van der Waals surface area contributed by atoms with Gasteiger partial charge >= 0.3 is 0 Å². The van der Waals surface area contributed by atoms with Crippen molar-refractivity contribution in [2.24, 2.45) is 11.8 Å². The van der Waals surface area contributed by atoms with Gasteiger partial charge in [0.25, 0.3) is 0 Å². The first-order chi connectivity index (χ1) is 7.77. The van der Waals surface area contributed by atoms with Gasteiger partial charge in [-0.2, -0.15) is 0 Å². The molecule has 0 spiro atoms. The van der Waals surface area contributed by atoms with Crippen LogP contribution in [0.15, 0.2) is 0 Å². The summed E-state index contributed by atoms with van der Waals surface area (Å²) < 4.78 is 6.15. The van der Waals surface area contributed by atoms with Crippen LogP contribution in [0.2, 0.25) is 0 Å². The van der Waals surface area contributed by atoms with Crippen molar-refractivity contribution in [3.05, 3.63) is 0 Å². The van der Waals surface area contributed by atoms with E-state index in [1.54, 1.807) is 0 Å². The lowest BCUT2D eigenvalue weighted by Crippen LogP contribution is -2.29. The summed E-state index contributed by atoms with van der Waals surface area (Å²) in [6.07, 6.45) is 11.5. The molecule has 0 saturated heterocycles. The molecule has 0 heterocycles. The summed E-state index contributed by atoms with van der Waals surface area (Å²) >= 11 is 3.80. The Morgan fingerprint density at radius 1 is 1.06 bits per heavy atom. The predicted octanol–water partition coefficient (Wildman–Crippen LogP) is 4.54. The Morgan fingerprint density at radius 2 is 1.81 bits per heavy atom.